The van der Waals surface area contributed by atoms with Gasteiger partial charge in [-0.15, -0.1) is 59.6 Å². The van der Waals surface area contributed by atoms with Crippen LogP contribution < -0.4 is 25.9 Å². The van der Waals surface area contributed by atoms with E-state index in [0.717, 1.165) is 68.3 Å². The van der Waals surface area contributed by atoms with Gasteiger partial charge >= 0.3 is 0 Å². The van der Waals surface area contributed by atoms with Crippen LogP contribution in [0.25, 0.3) is 22.5 Å². The van der Waals surface area contributed by atoms with Crippen molar-refractivity contribution < 1.29 is 29.6 Å². The summed E-state index contributed by atoms with van der Waals surface area (Å²) in [6, 6.07) is 39.1. The van der Waals surface area contributed by atoms with Gasteiger partial charge in [0.25, 0.3) is 0 Å². The Morgan fingerprint density at radius 3 is 2.19 bits per heavy atom. The van der Waals surface area contributed by atoms with Crippen molar-refractivity contribution >= 4 is 23.1 Å². The number of ether oxygens (including phenoxy) is 2. The van der Waals surface area contributed by atoms with Crippen LogP contribution in [0, 0.1) is 31.4 Å². The van der Waals surface area contributed by atoms with E-state index in [1.54, 1.807) is 0 Å². The van der Waals surface area contributed by atoms with Crippen molar-refractivity contribution in [3.05, 3.63) is 138 Å². The van der Waals surface area contributed by atoms with Crippen LogP contribution in [0.3, 0.4) is 0 Å². The second kappa shape index (κ2) is 13.3. The number of rotatable bonds is 3. The van der Waals surface area contributed by atoms with Crippen molar-refractivity contribution in [2.45, 2.75) is 41.0 Å². The molecule has 2 aromatic heterocycles. The second-order valence-electron chi connectivity index (χ2n) is 13.2. The number of nitrogens with zero attached hydrogens (tertiary/aromatic N) is 2. The zero-order chi connectivity index (χ0) is 31.8. The first kappa shape index (κ1) is 32.4. The van der Waals surface area contributed by atoms with Crippen molar-refractivity contribution in [3.63, 3.8) is 0 Å². The average Bonchev–Trinajstić information content (AvgIpc) is 3.06. The van der Waals surface area contributed by atoms with Gasteiger partial charge in [-0.3, -0.25) is 0 Å². The Bertz CT molecular complexity index is 2040. The van der Waals surface area contributed by atoms with Crippen LogP contribution in [0.4, 0.5) is 0 Å². The summed E-state index contributed by atoms with van der Waals surface area (Å²) in [5, 5.41) is 0. The number of pyridine rings is 2. The molecule has 0 saturated carbocycles. The summed E-state index contributed by atoms with van der Waals surface area (Å²) in [5.74, 6) is 3.43. The number of hydrogen-bond donors (Lipinski definition) is 0. The summed E-state index contributed by atoms with van der Waals surface area (Å²) in [6.07, 6.45) is 4.84. The number of aryl methyl sites for hydroxylation is 2. The topological polar surface area (TPSA) is 44.2 Å². The summed E-state index contributed by atoms with van der Waals surface area (Å²) in [6.45, 7) is 11.0. The standard InChI is InChI=1S/C29H25BNO2.C12H10N.Ir/c1-18-17-31-23(15-19(18)16-29(2,3)4)20-9-7-11-22-28(20)33-26-14-8-13-25-27(26)30(22)21-10-5-6-12-24(21)32-25;1-10-7-8-12(13-9-10)11-5-3-2-4-6-11;/h5-8,10-15,17H,16H2,1-4H3;2-5,7-9H,1H3;/q2*-1;. The molecule has 1 radical (unpaired) electrons. The second-order valence-corrected chi connectivity index (χ2v) is 13.2. The van der Waals surface area contributed by atoms with Gasteiger partial charge in [-0.1, -0.05) is 74.4 Å². The first-order valence-electron chi connectivity index (χ1n) is 15.7. The molecule has 235 valence electrons. The Hall–Kier alpha value is -4.51. The molecule has 0 fully saturated rings. The number of benzene rings is 4. The van der Waals surface area contributed by atoms with Gasteiger partial charge in [0.1, 0.15) is 17.2 Å². The molecule has 0 amide bonds. The molecule has 6 heteroatoms. The fourth-order valence-corrected chi connectivity index (χ4v) is 6.18. The Balaban J connectivity index is 0.000000232. The number of fused-ring (bicyclic) bond motifs is 4. The molecule has 6 aromatic rings. The molecule has 2 aliphatic rings. The Morgan fingerprint density at radius 1 is 0.702 bits per heavy atom. The van der Waals surface area contributed by atoms with Crippen LogP contribution in [0.15, 0.2) is 109 Å². The maximum Gasteiger partial charge on any atom is 0.241 e. The van der Waals surface area contributed by atoms with Crippen molar-refractivity contribution in [3.8, 4) is 45.5 Å². The van der Waals surface area contributed by atoms with Crippen LogP contribution in [-0.2, 0) is 26.5 Å². The van der Waals surface area contributed by atoms with Crippen LogP contribution >= 0.6 is 0 Å². The minimum absolute atomic E-state index is 0. The minimum atomic E-state index is 0. The van der Waals surface area contributed by atoms with Gasteiger partial charge in [0.15, 0.2) is 0 Å². The maximum absolute atomic E-state index is 6.54. The Kier molecular flexibility index (Phi) is 9.19. The third-order valence-electron chi connectivity index (χ3n) is 8.36. The van der Waals surface area contributed by atoms with E-state index in [1.807, 2.05) is 86.0 Å². The van der Waals surface area contributed by atoms with Gasteiger partial charge in [0, 0.05) is 43.7 Å². The van der Waals surface area contributed by atoms with E-state index in [1.165, 1.54) is 16.7 Å². The fourth-order valence-electron chi connectivity index (χ4n) is 6.18. The van der Waals surface area contributed by atoms with Crippen molar-refractivity contribution in [2.24, 2.45) is 5.41 Å². The molecule has 4 heterocycles. The Morgan fingerprint density at radius 2 is 1.45 bits per heavy atom. The zero-order valence-electron chi connectivity index (χ0n) is 27.2. The summed E-state index contributed by atoms with van der Waals surface area (Å²) in [4.78, 5) is 9.11. The number of aromatic nitrogens is 2. The van der Waals surface area contributed by atoms with E-state index in [9.17, 15) is 0 Å². The zero-order valence-corrected chi connectivity index (χ0v) is 29.6. The molecule has 8 rings (SSSR count). The molecule has 0 unspecified atom stereocenters. The molecular formula is C41H35BIrN2O2-2. The molecule has 2 aliphatic heterocycles. The van der Waals surface area contributed by atoms with Gasteiger partial charge in [-0.2, -0.15) is 0 Å². The molecule has 0 saturated heterocycles. The average molecular weight is 791 g/mol. The monoisotopic (exact) mass is 791 g/mol. The first-order valence-corrected chi connectivity index (χ1v) is 15.7. The van der Waals surface area contributed by atoms with E-state index >= 15 is 0 Å². The van der Waals surface area contributed by atoms with Crippen molar-refractivity contribution in [1.82, 2.24) is 9.97 Å². The van der Waals surface area contributed by atoms with Gasteiger partial charge in [-0.05, 0) is 71.9 Å². The van der Waals surface area contributed by atoms with Crippen LogP contribution in [0.5, 0.6) is 23.0 Å². The van der Waals surface area contributed by atoms with E-state index in [0.29, 0.717) is 0 Å². The molecular weight excluding hydrogens is 755 g/mol. The quantitative estimate of drug-likeness (QED) is 0.134. The summed E-state index contributed by atoms with van der Waals surface area (Å²) < 4.78 is 12.8. The SMILES string of the molecule is Cc1ccc(-c2[c-]cccc2)nc1.Cc1cnc(-c2[c-]ccc3c2Oc2cccc4c2B3c2ccccc2O4)cc1CC(C)(C)C.[Ir]. The summed E-state index contributed by atoms with van der Waals surface area (Å²) in [7, 11) is 0. The molecule has 4 aromatic carbocycles. The van der Waals surface area contributed by atoms with E-state index in [4.69, 9.17) is 14.5 Å². The Labute approximate surface area is 291 Å². The van der Waals surface area contributed by atoms with Crippen LogP contribution in [-0.4, -0.2) is 16.7 Å². The fraction of sp³-hybridized carbons (Fsp3) is 0.171. The number of hydrogen-bond acceptors (Lipinski definition) is 4. The number of para-hydroxylation sites is 1. The molecule has 0 spiro atoms. The third-order valence-corrected chi connectivity index (χ3v) is 8.36. The predicted octanol–water partition coefficient (Wildman–Crippen LogP) is 8.03. The van der Waals surface area contributed by atoms with E-state index in [2.05, 4.69) is 75.1 Å². The van der Waals surface area contributed by atoms with Gasteiger partial charge in [0.05, 0.1) is 0 Å². The first-order chi connectivity index (χ1) is 22.2. The molecule has 4 nitrogen and oxygen atoms in total. The maximum atomic E-state index is 6.54. The predicted molar refractivity (Wildman–Crippen MR) is 187 cm³/mol. The smallest absolute Gasteiger partial charge is 0.241 e. The van der Waals surface area contributed by atoms with Crippen molar-refractivity contribution in [1.29, 1.82) is 0 Å². The summed E-state index contributed by atoms with van der Waals surface area (Å²) >= 11 is 0. The van der Waals surface area contributed by atoms with Gasteiger partial charge in [-0.25, -0.2) is 0 Å². The minimum Gasteiger partial charge on any atom is -0.503 e. The van der Waals surface area contributed by atoms with E-state index < -0.39 is 0 Å². The molecule has 0 aliphatic carbocycles. The normalized spacial score (nSPS) is 12.1. The molecule has 47 heavy (non-hydrogen) atoms. The largest absolute Gasteiger partial charge is 0.503 e. The third kappa shape index (κ3) is 6.67. The molecule has 0 N–H and O–H groups in total. The summed E-state index contributed by atoms with van der Waals surface area (Å²) in [5.41, 5.74) is 11.1. The molecule has 0 atom stereocenters. The van der Waals surface area contributed by atoms with Gasteiger partial charge < -0.3 is 19.4 Å². The molecule has 0 bridgehead atoms. The van der Waals surface area contributed by atoms with Crippen LogP contribution in [0.2, 0.25) is 0 Å². The van der Waals surface area contributed by atoms with Crippen LogP contribution in [0.1, 0.15) is 37.5 Å². The van der Waals surface area contributed by atoms with Crippen molar-refractivity contribution in [2.75, 3.05) is 0 Å². The van der Waals surface area contributed by atoms with Gasteiger partial charge in [0.2, 0.25) is 6.71 Å². The van der Waals surface area contributed by atoms with E-state index in [-0.39, 0.29) is 32.2 Å².